The topological polar surface area (TPSA) is 32.5 Å². The van der Waals surface area contributed by atoms with Gasteiger partial charge in [0.2, 0.25) is 0 Å². The van der Waals surface area contributed by atoms with E-state index >= 15 is 0 Å². The Morgan fingerprint density at radius 1 is 1.43 bits per heavy atom. The van der Waals surface area contributed by atoms with Gasteiger partial charge in [0.05, 0.1) is 0 Å². The molecule has 0 amide bonds. The Kier molecular flexibility index (Phi) is 5.36. The van der Waals surface area contributed by atoms with Crippen molar-refractivity contribution in [1.82, 2.24) is 9.80 Å². The molecular formula is C17H28FN3. The molecule has 2 rings (SSSR count). The zero-order valence-electron chi connectivity index (χ0n) is 13.5. The third-order valence-corrected chi connectivity index (χ3v) is 4.91. The molecule has 1 aliphatic heterocycles. The first-order valence-electron chi connectivity index (χ1n) is 7.78. The molecule has 1 aromatic carbocycles. The molecule has 0 aliphatic carbocycles. The largest absolute Gasteiger partial charge is 0.329 e. The molecule has 0 saturated carbocycles. The Balaban J connectivity index is 2.03. The van der Waals surface area contributed by atoms with Gasteiger partial charge in [-0.15, -0.1) is 0 Å². The number of halogens is 1. The fourth-order valence-corrected chi connectivity index (χ4v) is 3.20. The Morgan fingerprint density at radius 3 is 2.71 bits per heavy atom. The highest BCUT2D eigenvalue weighted by Gasteiger charge is 2.32. The van der Waals surface area contributed by atoms with Crippen molar-refractivity contribution in [2.75, 3.05) is 40.3 Å². The predicted octanol–water partition coefficient (Wildman–Crippen LogP) is 1.97. The monoisotopic (exact) mass is 293 g/mol. The van der Waals surface area contributed by atoms with Crippen molar-refractivity contribution in [2.45, 2.75) is 25.3 Å². The molecule has 0 radical (unpaired) electrons. The Hall–Kier alpha value is -0.970. The molecule has 3 nitrogen and oxygen atoms in total. The summed E-state index contributed by atoms with van der Waals surface area (Å²) in [7, 11) is 4.29. The van der Waals surface area contributed by atoms with Crippen molar-refractivity contribution in [2.24, 2.45) is 11.7 Å². The minimum absolute atomic E-state index is 0.133. The first-order valence-corrected chi connectivity index (χ1v) is 7.78. The highest BCUT2D eigenvalue weighted by molar-refractivity contribution is 5.20. The van der Waals surface area contributed by atoms with Crippen molar-refractivity contribution in [3.63, 3.8) is 0 Å². The standard InChI is InChI=1S/C17H28FN3/c1-17(13-19,10-15-6-4-5-7-16(15)18)21(3)12-14-8-9-20(2)11-14/h4-7,14H,8-13,19H2,1-3H3. The van der Waals surface area contributed by atoms with Crippen LogP contribution < -0.4 is 5.73 Å². The number of rotatable bonds is 6. The second kappa shape index (κ2) is 6.86. The quantitative estimate of drug-likeness (QED) is 0.870. The molecule has 4 heteroatoms. The first kappa shape index (κ1) is 16.4. The minimum atomic E-state index is -0.205. The summed E-state index contributed by atoms with van der Waals surface area (Å²) in [5, 5.41) is 0. The summed E-state index contributed by atoms with van der Waals surface area (Å²) in [4.78, 5) is 4.69. The minimum Gasteiger partial charge on any atom is -0.329 e. The SMILES string of the molecule is CN1CCC(CN(C)C(C)(CN)Cc2ccccc2F)C1. The lowest BCUT2D eigenvalue weighted by molar-refractivity contribution is 0.122. The Labute approximate surface area is 127 Å². The van der Waals surface area contributed by atoms with E-state index in [0.717, 1.165) is 18.7 Å². The van der Waals surface area contributed by atoms with E-state index in [0.29, 0.717) is 18.9 Å². The normalized spacial score (nSPS) is 22.7. The maximum atomic E-state index is 13.9. The third kappa shape index (κ3) is 4.02. The number of benzene rings is 1. The van der Waals surface area contributed by atoms with Crippen LogP contribution in [0.25, 0.3) is 0 Å². The molecule has 2 atom stereocenters. The molecule has 1 saturated heterocycles. The molecule has 1 aromatic rings. The molecule has 1 heterocycles. The van der Waals surface area contributed by atoms with E-state index in [1.807, 2.05) is 12.1 Å². The fourth-order valence-electron chi connectivity index (χ4n) is 3.20. The highest BCUT2D eigenvalue weighted by Crippen LogP contribution is 2.24. The van der Waals surface area contributed by atoms with Crippen LogP contribution in [0.15, 0.2) is 24.3 Å². The molecule has 0 aromatic heterocycles. The smallest absolute Gasteiger partial charge is 0.126 e. The van der Waals surface area contributed by atoms with Crippen molar-refractivity contribution >= 4 is 0 Å². The lowest BCUT2D eigenvalue weighted by atomic mass is 9.90. The average Bonchev–Trinajstić information content (AvgIpc) is 2.86. The van der Waals surface area contributed by atoms with Gasteiger partial charge >= 0.3 is 0 Å². The molecule has 0 spiro atoms. The number of hydrogen-bond donors (Lipinski definition) is 1. The molecule has 0 bridgehead atoms. The summed E-state index contributed by atoms with van der Waals surface area (Å²) in [5.41, 5.74) is 6.58. The zero-order chi connectivity index (χ0) is 15.5. The Bertz CT molecular complexity index is 465. The molecule has 1 aliphatic rings. The van der Waals surface area contributed by atoms with E-state index in [2.05, 4.69) is 30.8 Å². The Morgan fingerprint density at radius 2 is 2.14 bits per heavy atom. The third-order valence-electron chi connectivity index (χ3n) is 4.91. The van der Waals surface area contributed by atoms with E-state index in [4.69, 9.17) is 5.73 Å². The van der Waals surface area contributed by atoms with Gasteiger partial charge in [0.15, 0.2) is 0 Å². The van der Waals surface area contributed by atoms with Gasteiger partial charge in [-0.3, -0.25) is 4.90 Å². The summed E-state index contributed by atoms with van der Waals surface area (Å²) in [6.07, 6.45) is 1.89. The van der Waals surface area contributed by atoms with Crippen LogP contribution in [0.1, 0.15) is 18.9 Å². The average molecular weight is 293 g/mol. The van der Waals surface area contributed by atoms with Crippen LogP contribution in [0.5, 0.6) is 0 Å². The van der Waals surface area contributed by atoms with E-state index in [1.54, 1.807) is 6.07 Å². The van der Waals surface area contributed by atoms with Gasteiger partial charge in [-0.1, -0.05) is 18.2 Å². The van der Waals surface area contributed by atoms with Crippen LogP contribution in [0.3, 0.4) is 0 Å². The molecule has 1 fully saturated rings. The van der Waals surface area contributed by atoms with E-state index in [-0.39, 0.29) is 11.4 Å². The van der Waals surface area contributed by atoms with Crippen molar-refractivity contribution in [3.8, 4) is 0 Å². The molecule has 21 heavy (non-hydrogen) atoms. The van der Waals surface area contributed by atoms with Crippen molar-refractivity contribution in [3.05, 3.63) is 35.6 Å². The van der Waals surface area contributed by atoms with Crippen molar-refractivity contribution < 1.29 is 4.39 Å². The number of likely N-dealkylation sites (N-methyl/N-ethyl adjacent to an activating group) is 1. The van der Waals surface area contributed by atoms with E-state index in [1.165, 1.54) is 19.0 Å². The highest BCUT2D eigenvalue weighted by atomic mass is 19.1. The number of nitrogens with zero attached hydrogens (tertiary/aromatic N) is 2. The molecule has 2 unspecified atom stereocenters. The van der Waals surface area contributed by atoms with E-state index in [9.17, 15) is 4.39 Å². The van der Waals surface area contributed by atoms with Crippen molar-refractivity contribution in [1.29, 1.82) is 0 Å². The second-order valence-corrected chi connectivity index (χ2v) is 6.77. The molecular weight excluding hydrogens is 265 g/mol. The summed E-state index contributed by atoms with van der Waals surface area (Å²) < 4.78 is 13.9. The van der Waals surface area contributed by atoms with Crippen LogP contribution >= 0.6 is 0 Å². The summed E-state index contributed by atoms with van der Waals surface area (Å²) in [6.45, 7) is 6.00. The maximum Gasteiger partial charge on any atom is 0.126 e. The molecule has 118 valence electrons. The van der Waals surface area contributed by atoms with Gasteiger partial charge in [0, 0.05) is 25.2 Å². The van der Waals surface area contributed by atoms with Gasteiger partial charge < -0.3 is 10.6 Å². The second-order valence-electron chi connectivity index (χ2n) is 6.77. The van der Waals surface area contributed by atoms with Crippen LogP contribution in [-0.2, 0) is 6.42 Å². The summed E-state index contributed by atoms with van der Waals surface area (Å²) >= 11 is 0. The van der Waals surface area contributed by atoms with Gasteiger partial charge in [0.25, 0.3) is 0 Å². The fraction of sp³-hybridized carbons (Fsp3) is 0.647. The van der Waals surface area contributed by atoms with Crippen LogP contribution in [0.2, 0.25) is 0 Å². The maximum absolute atomic E-state index is 13.9. The van der Waals surface area contributed by atoms with Gasteiger partial charge in [0.1, 0.15) is 5.82 Å². The van der Waals surface area contributed by atoms with E-state index < -0.39 is 0 Å². The number of hydrogen-bond acceptors (Lipinski definition) is 3. The summed E-state index contributed by atoms with van der Waals surface area (Å²) in [5.74, 6) is 0.553. The van der Waals surface area contributed by atoms with Gasteiger partial charge in [-0.05, 0) is 58.0 Å². The predicted molar refractivity (Wildman–Crippen MR) is 85.8 cm³/mol. The van der Waals surface area contributed by atoms with Crippen LogP contribution in [-0.4, -0.2) is 55.6 Å². The van der Waals surface area contributed by atoms with Gasteiger partial charge in [-0.25, -0.2) is 4.39 Å². The molecule has 2 N–H and O–H groups in total. The zero-order valence-corrected chi connectivity index (χ0v) is 13.5. The van der Waals surface area contributed by atoms with Gasteiger partial charge in [-0.2, -0.15) is 0 Å². The van der Waals surface area contributed by atoms with Crippen LogP contribution in [0.4, 0.5) is 4.39 Å². The lowest BCUT2D eigenvalue weighted by Gasteiger charge is -2.39. The lowest BCUT2D eigenvalue weighted by Crippen LogP contribution is -2.53. The summed E-state index contributed by atoms with van der Waals surface area (Å²) in [6, 6.07) is 7.01. The first-order chi connectivity index (χ1) is 9.94. The number of nitrogens with two attached hydrogens (primary N) is 1. The van der Waals surface area contributed by atoms with Crippen LogP contribution in [0, 0.1) is 11.7 Å². The number of likely N-dealkylation sites (tertiary alicyclic amines) is 1.